The molecule has 0 aromatic carbocycles. The maximum absolute atomic E-state index is 13.6. The number of β-amino-alcohol motifs (C(OH)–C–C–N with tert-alkyl or cyclic N) is 1. The summed E-state index contributed by atoms with van der Waals surface area (Å²) >= 11 is 0. The van der Waals surface area contributed by atoms with Crippen LogP contribution in [-0.2, 0) is 17.6 Å². The molecule has 174 valence electrons. The predicted octanol–water partition coefficient (Wildman–Crippen LogP) is 2.71. The molecule has 1 fully saturated rings. The number of fused-ring (bicyclic) bond motifs is 1. The molecule has 0 bridgehead atoms. The third-order valence-electron chi connectivity index (χ3n) is 5.70. The number of halogens is 3. The summed E-state index contributed by atoms with van der Waals surface area (Å²) in [5.41, 5.74) is -2.03. The summed E-state index contributed by atoms with van der Waals surface area (Å²) in [6.45, 7) is 6.89. The Morgan fingerprint density at radius 1 is 1.15 bits per heavy atom. The van der Waals surface area contributed by atoms with Gasteiger partial charge in [-0.25, -0.2) is 9.97 Å². The van der Waals surface area contributed by atoms with E-state index in [0.29, 0.717) is 47.9 Å². The van der Waals surface area contributed by atoms with E-state index in [-0.39, 0.29) is 17.5 Å². The first-order chi connectivity index (χ1) is 15.5. The van der Waals surface area contributed by atoms with Gasteiger partial charge in [0.1, 0.15) is 5.82 Å². The Morgan fingerprint density at radius 3 is 2.52 bits per heavy atom. The topological polar surface area (TPSA) is 118 Å². The molecule has 3 aromatic rings. The molecule has 10 nitrogen and oxygen atoms in total. The lowest BCUT2D eigenvalue weighted by Crippen LogP contribution is -2.31. The molecule has 0 saturated carbocycles. The number of pyridine rings is 1. The highest BCUT2D eigenvalue weighted by Crippen LogP contribution is 2.53. The molecular weight excluding hydrogens is 439 g/mol. The van der Waals surface area contributed by atoms with Crippen LogP contribution in [0.1, 0.15) is 44.1 Å². The Bertz CT molecular complexity index is 1240. The zero-order chi connectivity index (χ0) is 23.6. The highest BCUT2D eigenvalue weighted by atomic mass is 19.4. The van der Waals surface area contributed by atoms with Crippen LogP contribution < -0.4 is 4.90 Å². The normalized spacial score (nSPS) is 20.1. The van der Waals surface area contributed by atoms with Crippen molar-refractivity contribution in [1.29, 1.82) is 0 Å². The molecule has 2 aliphatic rings. The molecule has 0 unspecified atom stereocenters. The van der Waals surface area contributed by atoms with Crippen LogP contribution in [0.4, 0.5) is 19.0 Å². The molecule has 0 radical (unpaired) electrons. The Morgan fingerprint density at radius 2 is 1.91 bits per heavy atom. The molecule has 1 N–H and O–H groups in total. The summed E-state index contributed by atoms with van der Waals surface area (Å²) in [6.07, 6.45) is -1.99. The number of aliphatic hydroxyl groups excluding tert-OH is 1. The van der Waals surface area contributed by atoms with Crippen molar-refractivity contribution in [2.45, 2.75) is 57.1 Å². The quantitative estimate of drug-likeness (QED) is 0.635. The average molecular weight is 461 g/mol. The number of aromatic nitrogens is 6. The Kier molecular flexibility index (Phi) is 4.68. The molecule has 0 spiro atoms. The molecular formula is C20H22F3N9O. The van der Waals surface area contributed by atoms with E-state index in [1.807, 2.05) is 25.7 Å². The fraction of sp³-hybridized carbons (Fsp3) is 0.550. The standard InChI is InChI=1S/C20H22F3N9O/c1-18(2,3)17-25-15-14(16(26-17)31-7-5-12(33)10-31)27-32(28-15)9-11-4-6-24-8-13(11)19(29-30-19)20(21,22)23/h4,6,8,12,33H,5,7,9-10H2,1-3H3/t12-/m0/s1. The minimum absolute atomic E-state index is 0.0516. The summed E-state index contributed by atoms with van der Waals surface area (Å²) in [5, 5.41) is 25.5. The van der Waals surface area contributed by atoms with Crippen molar-refractivity contribution < 1.29 is 18.3 Å². The number of alkyl halides is 3. The van der Waals surface area contributed by atoms with Crippen LogP contribution in [0.5, 0.6) is 0 Å². The predicted molar refractivity (Wildman–Crippen MR) is 111 cm³/mol. The molecule has 5 heterocycles. The van der Waals surface area contributed by atoms with Crippen molar-refractivity contribution in [1.82, 2.24) is 29.9 Å². The molecule has 33 heavy (non-hydrogen) atoms. The lowest BCUT2D eigenvalue weighted by molar-refractivity contribution is -0.166. The van der Waals surface area contributed by atoms with Gasteiger partial charge in [-0.05, 0) is 18.1 Å². The molecule has 5 rings (SSSR count). The minimum Gasteiger partial charge on any atom is -0.391 e. The third-order valence-corrected chi connectivity index (χ3v) is 5.70. The van der Waals surface area contributed by atoms with Crippen LogP contribution in [0.15, 0.2) is 28.7 Å². The van der Waals surface area contributed by atoms with Crippen LogP contribution in [0.2, 0.25) is 0 Å². The van der Waals surface area contributed by atoms with E-state index in [4.69, 9.17) is 4.98 Å². The van der Waals surface area contributed by atoms with Gasteiger partial charge in [0, 0.05) is 36.5 Å². The largest absolute Gasteiger partial charge is 0.442 e. The number of hydrogen-bond donors (Lipinski definition) is 1. The van der Waals surface area contributed by atoms with Crippen molar-refractivity contribution in [3.63, 3.8) is 0 Å². The van der Waals surface area contributed by atoms with Gasteiger partial charge < -0.3 is 10.0 Å². The van der Waals surface area contributed by atoms with Gasteiger partial charge in [-0.1, -0.05) is 20.8 Å². The number of hydrogen-bond acceptors (Lipinski definition) is 9. The Hall–Kier alpha value is -3.22. The van der Waals surface area contributed by atoms with Gasteiger partial charge in [0.25, 0.3) is 0 Å². The molecule has 0 amide bonds. The van der Waals surface area contributed by atoms with Crippen molar-refractivity contribution in [2.24, 2.45) is 10.2 Å². The Labute approximate surface area is 186 Å². The number of rotatable bonds is 4. The van der Waals surface area contributed by atoms with E-state index in [0.717, 1.165) is 6.20 Å². The summed E-state index contributed by atoms with van der Waals surface area (Å²) in [6, 6.07) is 1.48. The maximum atomic E-state index is 13.6. The second-order valence-corrected chi connectivity index (χ2v) is 9.31. The lowest BCUT2D eigenvalue weighted by atomic mass is 9.96. The monoisotopic (exact) mass is 461 g/mol. The fourth-order valence-electron chi connectivity index (χ4n) is 3.85. The van der Waals surface area contributed by atoms with Gasteiger partial charge in [-0.2, -0.15) is 18.0 Å². The number of aliphatic hydroxyl groups is 1. The van der Waals surface area contributed by atoms with Crippen LogP contribution in [0.25, 0.3) is 11.2 Å². The lowest BCUT2D eigenvalue weighted by Gasteiger charge is -2.21. The van der Waals surface area contributed by atoms with E-state index in [1.54, 1.807) is 0 Å². The van der Waals surface area contributed by atoms with Gasteiger partial charge in [0.05, 0.1) is 12.6 Å². The second kappa shape index (κ2) is 7.14. The fourth-order valence-corrected chi connectivity index (χ4v) is 3.85. The third kappa shape index (κ3) is 3.69. The molecule has 1 atom stereocenters. The van der Waals surface area contributed by atoms with E-state index in [1.165, 1.54) is 17.1 Å². The van der Waals surface area contributed by atoms with Crippen LogP contribution in [0.3, 0.4) is 0 Å². The summed E-state index contributed by atoms with van der Waals surface area (Å²) in [7, 11) is 0. The highest BCUT2D eigenvalue weighted by Gasteiger charge is 2.66. The highest BCUT2D eigenvalue weighted by molar-refractivity contribution is 5.82. The van der Waals surface area contributed by atoms with Gasteiger partial charge in [-0.15, -0.1) is 20.4 Å². The van der Waals surface area contributed by atoms with E-state index >= 15 is 0 Å². The van der Waals surface area contributed by atoms with Gasteiger partial charge in [0.2, 0.25) is 5.65 Å². The van der Waals surface area contributed by atoms with Crippen molar-refractivity contribution >= 4 is 17.0 Å². The van der Waals surface area contributed by atoms with E-state index in [2.05, 4.69) is 30.4 Å². The van der Waals surface area contributed by atoms with Gasteiger partial charge >= 0.3 is 11.8 Å². The molecule has 13 heteroatoms. The van der Waals surface area contributed by atoms with Crippen molar-refractivity contribution in [2.75, 3.05) is 18.0 Å². The van der Waals surface area contributed by atoms with E-state index < -0.39 is 17.9 Å². The summed E-state index contributed by atoms with van der Waals surface area (Å²) < 4.78 is 40.8. The van der Waals surface area contributed by atoms with Crippen LogP contribution in [-0.4, -0.2) is 60.4 Å². The first kappa shape index (κ1) is 21.6. The first-order valence-corrected chi connectivity index (χ1v) is 10.5. The first-order valence-electron chi connectivity index (χ1n) is 10.5. The van der Waals surface area contributed by atoms with Crippen molar-refractivity contribution in [3.05, 3.63) is 35.4 Å². The van der Waals surface area contributed by atoms with Gasteiger partial charge in [-0.3, -0.25) is 4.98 Å². The molecule has 3 aromatic heterocycles. The second-order valence-electron chi connectivity index (χ2n) is 9.31. The zero-order valence-electron chi connectivity index (χ0n) is 18.2. The zero-order valence-corrected chi connectivity index (χ0v) is 18.2. The number of anilines is 1. The smallest absolute Gasteiger partial charge is 0.391 e. The summed E-state index contributed by atoms with van der Waals surface area (Å²) in [4.78, 5) is 16.3. The van der Waals surface area contributed by atoms with Crippen LogP contribution in [0, 0.1) is 0 Å². The summed E-state index contributed by atoms with van der Waals surface area (Å²) in [5.74, 6) is 1.12. The maximum Gasteiger partial charge on any atom is 0.442 e. The minimum atomic E-state index is -4.66. The van der Waals surface area contributed by atoms with E-state index in [9.17, 15) is 18.3 Å². The van der Waals surface area contributed by atoms with Gasteiger partial charge in [0.15, 0.2) is 11.3 Å². The molecule has 2 aliphatic heterocycles. The molecule has 1 saturated heterocycles. The SMILES string of the molecule is CC(C)(C)c1nc(N2CC[C@H](O)C2)c2nn(Cc3ccncc3C3(C(F)(F)F)N=N3)nc2n1. The Balaban J connectivity index is 1.56. The van der Waals surface area contributed by atoms with Crippen LogP contribution >= 0.6 is 0 Å². The van der Waals surface area contributed by atoms with Crippen molar-refractivity contribution in [3.8, 4) is 0 Å². The number of nitrogens with zero attached hydrogens (tertiary/aromatic N) is 9. The molecule has 0 aliphatic carbocycles. The average Bonchev–Trinajstić information content (AvgIpc) is 3.29.